The van der Waals surface area contributed by atoms with Crippen molar-refractivity contribution in [3.05, 3.63) is 29.6 Å². The molecule has 0 radical (unpaired) electrons. The molecule has 5 heteroatoms. The average molecular weight is 275 g/mol. The molecule has 0 atom stereocenters. The van der Waals surface area contributed by atoms with Crippen molar-refractivity contribution in [3.63, 3.8) is 0 Å². The summed E-state index contributed by atoms with van der Waals surface area (Å²) >= 11 is 0. The lowest BCUT2D eigenvalue weighted by Crippen LogP contribution is -2.23. The first-order valence-electron chi connectivity index (χ1n) is 6.88. The lowest BCUT2D eigenvalue weighted by molar-refractivity contribution is 0.151. The summed E-state index contributed by atoms with van der Waals surface area (Å²) in [6, 6.07) is 6.05. The van der Waals surface area contributed by atoms with Crippen molar-refractivity contribution < 1.29 is 9.53 Å². The Balaban J connectivity index is 2.19. The molecule has 0 bridgehead atoms. The molecule has 0 aliphatic carbocycles. The quantitative estimate of drug-likeness (QED) is 0.933. The van der Waals surface area contributed by atoms with Crippen molar-refractivity contribution in [1.29, 1.82) is 0 Å². The van der Waals surface area contributed by atoms with Crippen molar-refractivity contribution >= 4 is 17.1 Å². The third-order valence-electron chi connectivity index (χ3n) is 3.21. The summed E-state index contributed by atoms with van der Waals surface area (Å²) in [6.45, 7) is 6.87. The number of benzene rings is 1. The largest absolute Gasteiger partial charge is 0.450 e. The van der Waals surface area contributed by atoms with Gasteiger partial charge >= 0.3 is 6.09 Å². The first-order valence-corrected chi connectivity index (χ1v) is 6.88. The van der Waals surface area contributed by atoms with Crippen LogP contribution >= 0.6 is 0 Å². The number of aromatic nitrogens is 2. The topological polar surface area (TPSA) is 56.1 Å². The van der Waals surface area contributed by atoms with E-state index in [0.717, 1.165) is 22.4 Å². The van der Waals surface area contributed by atoms with Crippen molar-refractivity contribution in [2.24, 2.45) is 7.05 Å². The number of hydrogen-bond donors (Lipinski definition) is 1. The van der Waals surface area contributed by atoms with E-state index in [-0.39, 0.29) is 0 Å². The number of alkyl carbamates (subject to hydrolysis) is 1. The van der Waals surface area contributed by atoms with Gasteiger partial charge in [-0.1, -0.05) is 19.9 Å². The van der Waals surface area contributed by atoms with Crippen LogP contribution in [0.5, 0.6) is 0 Å². The fourth-order valence-corrected chi connectivity index (χ4v) is 2.25. The Bertz CT molecular complexity index is 617. The number of nitrogens with one attached hydrogen (secondary N) is 1. The summed E-state index contributed by atoms with van der Waals surface area (Å²) in [5.41, 5.74) is 3.08. The molecule has 20 heavy (non-hydrogen) atoms. The van der Waals surface area contributed by atoms with E-state index < -0.39 is 6.09 Å². The minimum Gasteiger partial charge on any atom is -0.450 e. The molecule has 2 rings (SSSR count). The molecule has 1 heterocycles. The number of fused-ring (bicyclic) bond motifs is 1. The number of carbonyl (C=O) groups excluding carboxylic acids is 1. The molecule has 0 aliphatic heterocycles. The molecular formula is C15H21N3O2. The highest BCUT2D eigenvalue weighted by molar-refractivity contribution is 5.77. The van der Waals surface area contributed by atoms with Gasteiger partial charge in [0, 0.05) is 19.5 Å². The second-order valence-corrected chi connectivity index (χ2v) is 5.08. The lowest BCUT2D eigenvalue weighted by atomic mass is 10.2. The molecule has 0 unspecified atom stereocenters. The lowest BCUT2D eigenvalue weighted by Gasteiger charge is -2.06. The zero-order valence-corrected chi connectivity index (χ0v) is 12.4. The van der Waals surface area contributed by atoms with Crippen LogP contribution in [0.3, 0.4) is 0 Å². The third-order valence-corrected chi connectivity index (χ3v) is 3.21. The molecule has 108 valence electrons. The van der Waals surface area contributed by atoms with E-state index in [4.69, 9.17) is 4.74 Å². The summed E-state index contributed by atoms with van der Waals surface area (Å²) in [5.74, 6) is 1.45. The van der Waals surface area contributed by atoms with Crippen molar-refractivity contribution in [2.75, 3.05) is 6.61 Å². The van der Waals surface area contributed by atoms with Gasteiger partial charge in [0.15, 0.2) is 0 Å². The summed E-state index contributed by atoms with van der Waals surface area (Å²) in [6.07, 6.45) is -0.392. The summed E-state index contributed by atoms with van der Waals surface area (Å²) < 4.78 is 6.95. The Hall–Kier alpha value is -2.04. The molecule has 1 amide bonds. The zero-order chi connectivity index (χ0) is 14.7. The van der Waals surface area contributed by atoms with Gasteiger partial charge in [-0.15, -0.1) is 0 Å². The number of amides is 1. The molecule has 0 spiro atoms. The SMILES string of the molecule is CCOC(=O)NCc1ccc2c(c1)nc(C(C)C)n2C. The van der Waals surface area contributed by atoms with Crippen LogP contribution in [0.1, 0.15) is 38.1 Å². The van der Waals surface area contributed by atoms with Gasteiger partial charge in [-0.2, -0.15) is 0 Å². The Morgan fingerprint density at radius 3 is 2.85 bits per heavy atom. The highest BCUT2D eigenvalue weighted by Gasteiger charge is 2.11. The molecule has 0 fully saturated rings. The Morgan fingerprint density at radius 1 is 1.45 bits per heavy atom. The molecule has 1 N–H and O–H groups in total. The molecule has 0 saturated heterocycles. The predicted molar refractivity (Wildman–Crippen MR) is 78.7 cm³/mol. The summed E-state index contributed by atoms with van der Waals surface area (Å²) in [4.78, 5) is 15.9. The van der Waals surface area contributed by atoms with E-state index in [9.17, 15) is 4.79 Å². The maximum absolute atomic E-state index is 11.3. The summed E-state index contributed by atoms with van der Waals surface area (Å²) in [7, 11) is 2.03. The van der Waals surface area contributed by atoms with E-state index in [2.05, 4.69) is 28.7 Å². The van der Waals surface area contributed by atoms with E-state index in [1.165, 1.54) is 0 Å². The minimum atomic E-state index is -0.392. The smallest absolute Gasteiger partial charge is 0.407 e. The van der Waals surface area contributed by atoms with Crippen LogP contribution in [-0.4, -0.2) is 22.3 Å². The predicted octanol–water partition coefficient (Wildman–Crippen LogP) is 2.94. The highest BCUT2D eigenvalue weighted by Crippen LogP contribution is 2.21. The molecule has 0 saturated carbocycles. The maximum atomic E-state index is 11.3. The van der Waals surface area contributed by atoms with Crippen LogP contribution in [0.4, 0.5) is 4.79 Å². The number of ether oxygens (including phenoxy) is 1. The maximum Gasteiger partial charge on any atom is 0.407 e. The van der Waals surface area contributed by atoms with Gasteiger partial charge < -0.3 is 14.6 Å². The normalized spacial score (nSPS) is 11.1. The number of imidazole rings is 1. The van der Waals surface area contributed by atoms with Gasteiger partial charge in [0.25, 0.3) is 0 Å². The van der Waals surface area contributed by atoms with Crippen LogP contribution in [0.15, 0.2) is 18.2 Å². The van der Waals surface area contributed by atoms with Crippen LogP contribution in [0.2, 0.25) is 0 Å². The molecule has 1 aromatic heterocycles. The number of hydrogen-bond acceptors (Lipinski definition) is 3. The van der Waals surface area contributed by atoms with E-state index >= 15 is 0 Å². The third kappa shape index (κ3) is 2.92. The van der Waals surface area contributed by atoms with Gasteiger partial charge in [-0.3, -0.25) is 0 Å². The minimum absolute atomic E-state index is 0.378. The highest BCUT2D eigenvalue weighted by atomic mass is 16.5. The second kappa shape index (κ2) is 5.94. The van der Waals surface area contributed by atoms with E-state index in [1.54, 1.807) is 6.92 Å². The monoisotopic (exact) mass is 275 g/mol. The Morgan fingerprint density at radius 2 is 2.20 bits per heavy atom. The second-order valence-electron chi connectivity index (χ2n) is 5.08. The standard InChI is InChI=1S/C15H21N3O2/c1-5-20-15(19)16-9-11-6-7-13-12(8-11)17-14(10(2)3)18(13)4/h6-8,10H,5,9H2,1-4H3,(H,16,19). The average Bonchev–Trinajstić information content (AvgIpc) is 2.74. The molecule has 2 aromatic rings. The van der Waals surface area contributed by atoms with Crippen molar-refractivity contribution in [3.8, 4) is 0 Å². The number of rotatable bonds is 4. The first kappa shape index (κ1) is 14.4. The van der Waals surface area contributed by atoms with Gasteiger partial charge in [-0.05, 0) is 24.6 Å². The van der Waals surface area contributed by atoms with Gasteiger partial charge in [0.1, 0.15) is 5.82 Å². The van der Waals surface area contributed by atoms with E-state index in [1.807, 2.05) is 25.2 Å². The van der Waals surface area contributed by atoms with Gasteiger partial charge in [0.05, 0.1) is 17.6 Å². The van der Waals surface area contributed by atoms with Crippen molar-refractivity contribution in [2.45, 2.75) is 33.2 Å². The van der Waals surface area contributed by atoms with Crippen LogP contribution in [0.25, 0.3) is 11.0 Å². The number of nitrogens with zero attached hydrogens (tertiary/aromatic N) is 2. The van der Waals surface area contributed by atoms with Crippen LogP contribution < -0.4 is 5.32 Å². The van der Waals surface area contributed by atoms with Crippen molar-refractivity contribution in [1.82, 2.24) is 14.9 Å². The van der Waals surface area contributed by atoms with E-state index in [0.29, 0.717) is 19.1 Å². The fraction of sp³-hybridized carbons (Fsp3) is 0.467. The first-order chi connectivity index (χ1) is 9.52. The summed E-state index contributed by atoms with van der Waals surface area (Å²) in [5, 5.41) is 2.71. The fourth-order valence-electron chi connectivity index (χ4n) is 2.25. The van der Waals surface area contributed by atoms with Gasteiger partial charge in [0.2, 0.25) is 0 Å². The molecular weight excluding hydrogens is 254 g/mol. The molecule has 1 aromatic carbocycles. The Labute approximate surface area is 118 Å². The molecule has 5 nitrogen and oxygen atoms in total. The Kier molecular flexibility index (Phi) is 4.27. The zero-order valence-electron chi connectivity index (χ0n) is 12.4. The molecule has 0 aliphatic rings. The van der Waals surface area contributed by atoms with Crippen LogP contribution in [0, 0.1) is 0 Å². The van der Waals surface area contributed by atoms with Gasteiger partial charge in [-0.25, -0.2) is 9.78 Å². The number of aryl methyl sites for hydroxylation is 1. The number of carbonyl (C=O) groups is 1. The van der Waals surface area contributed by atoms with Crippen LogP contribution in [-0.2, 0) is 18.3 Å².